The van der Waals surface area contributed by atoms with Gasteiger partial charge in [-0.3, -0.25) is 0 Å². The van der Waals surface area contributed by atoms with Gasteiger partial charge in [-0.25, -0.2) is 0 Å². The van der Waals surface area contributed by atoms with Crippen molar-refractivity contribution in [3.05, 3.63) is 50.7 Å². The summed E-state index contributed by atoms with van der Waals surface area (Å²) in [5.74, 6) is 1.75. The fourth-order valence-corrected chi connectivity index (χ4v) is 4.11. The van der Waals surface area contributed by atoms with E-state index in [0.29, 0.717) is 0 Å². The molecule has 0 N–H and O–H groups in total. The van der Waals surface area contributed by atoms with Crippen molar-refractivity contribution in [3.8, 4) is 11.4 Å². The number of aromatic nitrogens is 3. The van der Waals surface area contributed by atoms with Crippen LogP contribution >= 0.6 is 34.7 Å². The van der Waals surface area contributed by atoms with E-state index in [2.05, 4.69) is 40.1 Å². The molecule has 0 bridgehead atoms. The van der Waals surface area contributed by atoms with Crippen LogP contribution in [0.2, 0.25) is 5.02 Å². The van der Waals surface area contributed by atoms with Crippen molar-refractivity contribution in [2.24, 2.45) is 7.05 Å². The Balaban J connectivity index is 1.80. The molecule has 0 aliphatic rings. The van der Waals surface area contributed by atoms with Gasteiger partial charge in [-0.1, -0.05) is 35.5 Å². The molecule has 0 saturated carbocycles. The number of benzene rings is 1. The van der Waals surface area contributed by atoms with Crippen molar-refractivity contribution in [3.63, 3.8) is 0 Å². The normalized spacial score (nSPS) is 11.1. The Morgan fingerprint density at radius 3 is 2.77 bits per heavy atom. The van der Waals surface area contributed by atoms with Gasteiger partial charge >= 0.3 is 0 Å². The van der Waals surface area contributed by atoms with Crippen LogP contribution in [0.3, 0.4) is 0 Å². The van der Waals surface area contributed by atoms with E-state index < -0.39 is 0 Å². The van der Waals surface area contributed by atoms with Gasteiger partial charge in [-0.05, 0) is 37.1 Å². The molecule has 3 aromatic rings. The van der Waals surface area contributed by atoms with Crippen LogP contribution in [0, 0.1) is 13.8 Å². The third-order valence-corrected chi connectivity index (χ3v) is 5.96. The number of hydrogen-bond donors (Lipinski definition) is 0. The molecule has 0 saturated heterocycles. The molecule has 22 heavy (non-hydrogen) atoms. The minimum atomic E-state index is 0.765. The Bertz CT molecular complexity index is 808. The van der Waals surface area contributed by atoms with Crippen molar-refractivity contribution < 1.29 is 0 Å². The topological polar surface area (TPSA) is 30.7 Å². The van der Waals surface area contributed by atoms with Gasteiger partial charge in [0.25, 0.3) is 0 Å². The van der Waals surface area contributed by atoms with Crippen molar-refractivity contribution in [2.45, 2.75) is 24.8 Å². The highest BCUT2D eigenvalue weighted by molar-refractivity contribution is 7.98. The lowest BCUT2D eigenvalue weighted by atomic mass is 10.2. The Hall–Kier alpha value is -1.30. The van der Waals surface area contributed by atoms with Gasteiger partial charge in [0.15, 0.2) is 11.0 Å². The Kier molecular flexibility index (Phi) is 4.57. The summed E-state index contributed by atoms with van der Waals surface area (Å²) in [5.41, 5.74) is 3.64. The monoisotopic (exact) mass is 349 g/mol. The first-order valence-electron chi connectivity index (χ1n) is 6.88. The summed E-state index contributed by atoms with van der Waals surface area (Å²) in [4.78, 5) is 1.33. The summed E-state index contributed by atoms with van der Waals surface area (Å²) in [6, 6.07) is 7.91. The van der Waals surface area contributed by atoms with Crippen molar-refractivity contribution in [1.82, 2.24) is 14.8 Å². The molecule has 6 heteroatoms. The van der Waals surface area contributed by atoms with Gasteiger partial charge < -0.3 is 4.57 Å². The molecule has 0 aliphatic heterocycles. The van der Waals surface area contributed by atoms with E-state index in [1.165, 1.54) is 21.6 Å². The number of thioether (sulfide) groups is 1. The summed E-state index contributed by atoms with van der Waals surface area (Å²) in [6.07, 6.45) is 0. The van der Waals surface area contributed by atoms with Gasteiger partial charge in [-0.15, -0.1) is 21.5 Å². The lowest BCUT2D eigenvalue weighted by Gasteiger charge is -2.04. The van der Waals surface area contributed by atoms with E-state index in [-0.39, 0.29) is 0 Å². The molecule has 0 aliphatic carbocycles. The van der Waals surface area contributed by atoms with Gasteiger partial charge in [0.2, 0.25) is 0 Å². The van der Waals surface area contributed by atoms with Crippen LogP contribution in [0.5, 0.6) is 0 Å². The second kappa shape index (κ2) is 6.44. The number of thiophene rings is 1. The van der Waals surface area contributed by atoms with E-state index in [9.17, 15) is 0 Å². The number of hydrogen-bond acceptors (Lipinski definition) is 4. The van der Waals surface area contributed by atoms with Crippen LogP contribution in [-0.4, -0.2) is 14.8 Å². The maximum atomic E-state index is 6.02. The van der Waals surface area contributed by atoms with Crippen LogP contribution < -0.4 is 0 Å². The molecule has 3 rings (SSSR count). The third-order valence-electron chi connectivity index (χ3n) is 3.62. The summed E-state index contributed by atoms with van der Waals surface area (Å²) >= 11 is 9.44. The summed E-state index contributed by atoms with van der Waals surface area (Å²) < 4.78 is 2.06. The summed E-state index contributed by atoms with van der Waals surface area (Å²) in [7, 11) is 2.02. The highest BCUT2D eigenvalue weighted by Crippen LogP contribution is 2.31. The fourth-order valence-electron chi connectivity index (χ4n) is 2.18. The predicted molar refractivity (Wildman–Crippen MR) is 94.8 cm³/mol. The maximum Gasteiger partial charge on any atom is 0.191 e. The van der Waals surface area contributed by atoms with Crippen LogP contribution in [0.15, 0.2) is 34.8 Å². The van der Waals surface area contributed by atoms with Crippen LogP contribution in [0.25, 0.3) is 11.4 Å². The zero-order chi connectivity index (χ0) is 15.7. The Labute approximate surface area is 143 Å². The van der Waals surface area contributed by atoms with E-state index in [4.69, 9.17) is 11.6 Å². The number of rotatable bonds is 4. The molecular weight excluding hydrogens is 334 g/mol. The van der Waals surface area contributed by atoms with E-state index in [1.54, 1.807) is 23.1 Å². The minimum absolute atomic E-state index is 0.765. The molecule has 0 amide bonds. The van der Waals surface area contributed by atoms with E-state index in [1.807, 2.05) is 25.2 Å². The SMILES string of the molecule is Cc1scc(-c2nnc(SCc3cccc(Cl)c3)n2C)c1C. The first-order valence-corrected chi connectivity index (χ1v) is 9.12. The lowest BCUT2D eigenvalue weighted by molar-refractivity contribution is 0.793. The number of aryl methyl sites for hydroxylation is 1. The second-order valence-corrected chi connectivity index (χ2v) is 7.58. The third kappa shape index (κ3) is 3.07. The molecule has 0 atom stereocenters. The minimum Gasteiger partial charge on any atom is -0.305 e. The first-order chi connectivity index (χ1) is 10.6. The smallest absolute Gasteiger partial charge is 0.191 e. The molecule has 0 unspecified atom stereocenters. The summed E-state index contributed by atoms with van der Waals surface area (Å²) in [6.45, 7) is 4.27. The molecule has 0 radical (unpaired) electrons. The molecule has 2 aromatic heterocycles. The predicted octanol–water partition coefficient (Wildman–Crippen LogP) is 5.11. The molecule has 3 nitrogen and oxygen atoms in total. The largest absolute Gasteiger partial charge is 0.305 e. The van der Waals surface area contributed by atoms with E-state index >= 15 is 0 Å². The van der Waals surface area contributed by atoms with Gasteiger partial charge in [0, 0.05) is 33.6 Å². The molecule has 114 valence electrons. The fraction of sp³-hybridized carbons (Fsp3) is 0.250. The molecule has 2 heterocycles. The Morgan fingerprint density at radius 1 is 1.27 bits per heavy atom. The molecule has 0 spiro atoms. The van der Waals surface area contributed by atoms with Gasteiger partial charge in [0.1, 0.15) is 0 Å². The number of halogens is 1. The van der Waals surface area contributed by atoms with Crippen molar-refractivity contribution in [1.29, 1.82) is 0 Å². The van der Waals surface area contributed by atoms with E-state index in [0.717, 1.165) is 21.8 Å². The highest BCUT2D eigenvalue weighted by Gasteiger charge is 2.15. The highest BCUT2D eigenvalue weighted by atomic mass is 35.5. The van der Waals surface area contributed by atoms with Gasteiger partial charge in [-0.2, -0.15) is 0 Å². The second-order valence-electron chi connectivity index (χ2n) is 5.11. The zero-order valence-electron chi connectivity index (χ0n) is 12.6. The maximum absolute atomic E-state index is 6.02. The molecule has 0 fully saturated rings. The average Bonchev–Trinajstić information content (AvgIpc) is 3.01. The lowest BCUT2D eigenvalue weighted by Crippen LogP contribution is -1.95. The molecular formula is C16H16ClN3S2. The summed E-state index contributed by atoms with van der Waals surface area (Å²) in [5, 5.41) is 12.5. The van der Waals surface area contributed by atoms with Crippen LogP contribution in [-0.2, 0) is 12.8 Å². The van der Waals surface area contributed by atoms with Crippen LogP contribution in [0.1, 0.15) is 16.0 Å². The van der Waals surface area contributed by atoms with Crippen LogP contribution in [0.4, 0.5) is 0 Å². The van der Waals surface area contributed by atoms with Crippen molar-refractivity contribution in [2.75, 3.05) is 0 Å². The average molecular weight is 350 g/mol. The standard InChI is InChI=1S/C16H16ClN3S2/c1-10-11(2)21-9-14(10)15-18-19-16(20(15)3)22-8-12-5-4-6-13(17)7-12/h4-7,9H,8H2,1-3H3. The number of nitrogens with zero attached hydrogens (tertiary/aromatic N) is 3. The van der Waals surface area contributed by atoms with Gasteiger partial charge in [0.05, 0.1) is 0 Å². The zero-order valence-corrected chi connectivity index (χ0v) is 15.0. The quantitative estimate of drug-likeness (QED) is 0.613. The van der Waals surface area contributed by atoms with Crippen molar-refractivity contribution >= 4 is 34.7 Å². The first kappa shape index (κ1) is 15.6. The molecule has 1 aromatic carbocycles. The Morgan fingerprint density at radius 2 is 2.09 bits per heavy atom.